The third kappa shape index (κ3) is 7.51. The van der Waals surface area contributed by atoms with Gasteiger partial charge in [-0.25, -0.2) is 9.18 Å². The lowest BCUT2D eigenvalue weighted by Gasteiger charge is -2.34. The van der Waals surface area contributed by atoms with E-state index in [-0.39, 0.29) is 24.7 Å². The predicted octanol–water partition coefficient (Wildman–Crippen LogP) is 0.901. The molecule has 2 N–H and O–H groups in total. The van der Waals surface area contributed by atoms with Gasteiger partial charge in [0, 0.05) is 26.2 Å². The molecule has 0 bridgehead atoms. The number of amides is 4. The molecule has 1 fully saturated rings. The Morgan fingerprint density at radius 3 is 2.18 bits per heavy atom. The molecule has 154 valence electrons. The van der Waals surface area contributed by atoms with Crippen molar-refractivity contribution >= 4 is 17.8 Å². The van der Waals surface area contributed by atoms with Gasteiger partial charge in [-0.05, 0) is 17.7 Å². The van der Waals surface area contributed by atoms with Gasteiger partial charge in [0.2, 0.25) is 11.8 Å². The van der Waals surface area contributed by atoms with E-state index in [0.717, 1.165) is 0 Å². The van der Waals surface area contributed by atoms with Crippen LogP contribution < -0.4 is 10.6 Å². The Morgan fingerprint density at radius 1 is 1.00 bits per heavy atom. The Hall–Kier alpha value is -2.69. The molecular formula is C17H20F4N4O3. The standard InChI is InChI=1S/C17H20F4N4O3/c18-13-3-1-12(2-4-13)9-15(27)25-7-5-24(6-8-25)10-14(26)23-16(28)22-11-17(19,20)21/h1-4H,5-11H2,(H2,22,23,26,28). The summed E-state index contributed by atoms with van der Waals surface area (Å²) in [6, 6.07) is 4.43. The van der Waals surface area contributed by atoms with Crippen LogP contribution in [0.25, 0.3) is 0 Å². The van der Waals surface area contributed by atoms with Crippen LogP contribution in [0.2, 0.25) is 0 Å². The van der Waals surface area contributed by atoms with Gasteiger partial charge in [-0.1, -0.05) is 12.1 Å². The van der Waals surface area contributed by atoms with Crippen molar-refractivity contribution in [3.8, 4) is 0 Å². The molecule has 1 aromatic rings. The van der Waals surface area contributed by atoms with Gasteiger partial charge in [-0.2, -0.15) is 13.2 Å². The van der Waals surface area contributed by atoms with E-state index in [4.69, 9.17) is 0 Å². The maximum Gasteiger partial charge on any atom is 0.405 e. The fourth-order valence-corrected chi connectivity index (χ4v) is 2.64. The maximum atomic E-state index is 12.9. The van der Waals surface area contributed by atoms with Gasteiger partial charge in [-0.3, -0.25) is 19.8 Å². The number of nitrogens with one attached hydrogen (secondary N) is 2. The molecule has 1 aliphatic heterocycles. The highest BCUT2D eigenvalue weighted by molar-refractivity contribution is 5.95. The number of rotatable bonds is 5. The number of halogens is 4. The van der Waals surface area contributed by atoms with Crippen molar-refractivity contribution in [2.45, 2.75) is 12.6 Å². The Bertz CT molecular complexity index is 701. The number of alkyl halides is 3. The Balaban J connectivity index is 1.69. The number of carbonyl (C=O) groups is 3. The zero-order valence-electron chi connectivity index (χ0n) is 14.9. The average Bonchev–Trinajstić information content (AvgIpc) is 2.62. The highest BCUT2D eigenvalue weighted by Crippen LogP contribution is 2.12. The first-order valence-corrected chi connectivity index (χ1v) is 8.51. The summed E-state index contributed by atoms with van der Waals surface area (Å²) >= 11 is 0. The van der Waals surface area contributed by atoms with Gasteiger partial charge in [0.25, 0.3) is 0 Å². The van der Waals surface area contributed by atoms with Gasteiger partial charge in [-0.15, -0.1) is 0 Å². The molecular weight excluding hydrogens is 384 g/mol. The number of benzene rings is 1. The second kappa shape index (κ2) is 9.49. The third-order valence-electron chi connectivity index (χ3n) is 4.06. The first kappa shape index (κ1) is 21.6. The van der Waals surface area contributed by atoms with Gasteiger partial charge in [0.1, 0.15) is 12.4 Å². The van der Waals surface area contributed by atoms with Crippen molar-refractivity contribution < 1.29 is 31.9 Å². The summed E-state index contributed by atoms with van der Waals surface area (Å²) in [4.78, 5) is 38.5. The normalized spacial score (nSPS) is 15.2. The molecule has 11 heteroatoms. The molecule has 0 radical (unpaired) electrons. The van der Waals surface area contributed by atoms with E-state index in [0.29, 0.717) is 31.7 Å². The molecule has 1 heterocycles. The van der Waals surface area contributed by atoms with Gasteiger partial charge in [0.05, 0.1) is 13.0 Å². The number of hydrogen-bond donors (Lipinski definition) is 2. The number of nitrogens with zero attached hydrogens (tertiary/aromatic N) is 2. The molecule has 28 heavy (non-hydrogen) atoms. The van der Waals surface area contributed by atoms with Crippen LogP contribution in [-0.2, 0) is 16.0 Å². The highest BCUT2D eigenvalue weighted by Gasteiger charge is 2.28. The van der Waals surface area contributed by atoms with E-state index in [1.807, 2.05) is 5.32 Å². The summed E-state index contributed by atoms with van der Waals surface area (Å²) in [6.45, 7) is -0.193. The lowest BCUT2D eigenvalue weighted by atomic mass is 10.1. The van der Waals surface area contributed by atoms with Crippen LogP contribution in [0, 0.1) is 5.82 Å². The highest BCUT2D eigenvalue weighted by atomic mass is 19.4. The number of imide groups is 1. The first-order valence-electron chi connectivity index (χ1n) is 8.51. The van der Waals surface area contributed by atoms with Crippen LogP contribution in [0.15, 0.2) is 24.3 Å². The van der Waals surface area contributed by atoms with Crippen molar-refractivity contribution in [3.63, 3.8) is 0 Å². The van der Waals surface area contributed by atoms with Crippen LogP contribution >= 0.6 is 0 Å². The number of hydrogen-bond acceptors (Lipinski definition) is 4. The minimum absolute atomic E-state index is 0.123. The lowest BCUT2D eigenvalue weighted by molar-refractivity contribution is -0.132. The molecule has 0 saturated carbocycles. The molecule has 0 unspecified atom stereocenters. The Labute approximate surface area is 158 Å². The van der Waals surface area contributed by atoms with E-state index >= 15 is 0 Å². The summed E-state index contributed by atoms with van der Waals surface area (Å²) < 4.78 is 48.9. The van der Waals surface area contributed by atoms with Crippen LogP contribution in [0.5, 0.6) is 0 Å². The summed E-state index contributed by atoms with van der Waals surface area (Å²) in [5.74, 6) is -1.23. The Morgan fingerprint density at radius 2 is 1.61 bits per heavy atom. The van der Waals surface area contributed by atoms with Crippen LogP contribution in [-0.4, -0.2) is 73.1 Å². The second-order valence-electron chi connectivity index (χ2n) is 6.31. The summed E-state index contributed by atoms with van der Waals surface area (Å²) in [6.07, 6.45) is -4.42. The Kier molecular flexibility index (Phi) is 7.32. The summed E-state index contributed by atoms with van der Waals surface area (Å²) in [5.41, 5.74) is 0.693. The zero-order valence-corrected chi connectivity index (χ0v) is 14.9. The minimum atomic E-state index is -4.56. The predicted molar refractivity (Wildman–Crippen MR) is 90.7 cm³/mol. The fourth-order valence-electron chi connectivity index (χ4n) is 2.64. The van der Waals surface area contributed by atoms with Crippen molar-refractivity contribution in [1.29, 1.82) is 0 Å². The molecule has 1 aromatic carbocycles. The minimum Gasteiger partial charge on any atom is -0.340 e. The van der Waals surface area contributed by atoms with Gasteiger partial charge < -0.3 is 10.2 Å². The summed E-state index contributed by atoms with van der Waals surface area (Å²) in [5, 5.41) is 3.38. The van der Waals surface area contributed by atoms with Gasteiger partial charge in [0.15, 0.2) is 0 Å². The number of piperazine rings is 1. The van der Waals surface area contributed by atoms with E-state index in [2.05, 4.69) is 0 Å². The maximum absolute atomic E-state index is 12.9. The van der Waals surface area contributed by atoms with E-state index in [9.17, 15) is 31.9 Å². The van der Waals surface area contributed by atoms with Crippen molar-refractivity contribution in [1.82, 2.24) is 20.4 Å². The van der Waals surface area contributed by atoms with Crippen molar-refractivity contribution in [3.05, 3.63) is 35.6 Å². The van der Waals surface area contributed by atoms with Crippen LogP contribution in [0.3, 0.4) is 0 Å². The molecule has 0 aliphatic carbocycles. The zero-order chi connectivity index (χ0) is 20.7. The van der Waals surface area contributed by atoms with E-state index in [1.54, 1.807) is 15.1 Å². The average molecular weight is 404 g/mol. The quantitative estimate of drug-likeness (QED) is 0.715. The molecule has 0 aromatic heterocycles. The smallest absolute Gasteiger partial charge is 0.340 e. The molecule has 0 spiro atoms. The molecule has 2 rings (SSSR count). The fraction of sp³-hybridized carbons (Fsp3) is 0.471. The monoisotopic (exact) mass is 404 g/mol. The number of urea groups is 1. The third-order valence-corrected chi connectivity index (χ3v) is 4.06. The molecule has 1 aliphatic rings. The molecule has 7 nitrogen and oxygen atoms in total. The second-order valence-corrected chi connectivity index (χ2v) is 6.31. The van der Waals surface area contributed by atoms with E-state index in [1.165, 1.54) is 24.3 Å². The molecule has 4 amide bonds. The van der Waals surface area contributed by atoms with Crippen molar-refractivity contribution in [2.24, 2.45) is 0 Å². The summed E-state index contributed by atoms with van der Waals surface area (Å²) in [7, 11) is 0. The largest absolute Gasteiger partial charge is 0.405 e. The van der Waals surface area contributed by atoms with Crippen molar-refractivity contribution in [2.75, 3.05) is 39.3 Å². The lowest BCUT2D eigenvalue weighted by Crippen LogP contribution is -2.52. The van der Waals surface area contributed by atoms with Crippen LogP contribution in [0.1, 0.15) is 5.56 Å². The van der Waals surface area contributed by atoms with Crippen LogP contribution in [0.4, 0.5) is 22.4 Å². The van der Waals surface area contributed by atoms with E-state index < -0.39 is 24.7 Å². The SMILES string of the molecule is O=C(CN1CCN(C(=O)Cc2ccc(F)cc2)CC1)NC(=O)NCC(F)(F)F. The molecule has 1 saturated heterocycles. The first-order chi connectivity index (χ1) is 13.1. The topological polar surface area (TPSA) is 81.8 Å². The molecule has 0 atom stereocenters. The van der Waals surface area contributed by atoms with Gasteiger partial charge >= 0.3 is 12.2 Å². The number of carbonyl (C=O) groups excluding carboxylic acids is 3.